The maximum absolute atomic E-state index is 10.1. The molecule has 1 aromatic carbocycles. The van der Waals surface area contributed by atoms with Crippen molar-refractivity contribution >= 4 is 12.2 Å². The molecule has 0 aliphatic carbocycles. The molecule has 82 valence electrons. The molecule has 0 unspecified atom stereocenters. The van der Waals surface area contributed by atoms with Crippen molar-refractivity contribution in [1.82, 2.24) is 0 Å². The number of benzene rings is 1. The monoisotopic (exact) mass is 216 g/mol. The number of carbonyl (C=O) groups excluding carboxylic acids is 2. The molecule has 0 saturated carbocycles. The van der Waals surface area contributed by atoms with Crippen molar-refractivity contribution < 1.29 is 9.59 Å². The van der Waals surface area contributed by atoms with E-state index in [1.165, 1.54) is 12.2 Å². The van der Waals surface area contributed by atoms with Gasteiger partial charge in [0.1, 0.15) is 0 Å². The van der Waals surface area contributed by atoms with Crippen LogP contribution in [0.2, 0.25) is 0 Å². The molecule has 1 aromatic rings. The van der Waals surface area contributed by atoms with Crippen LogP contribution in [0.25, 0.3) is 0 Å². The van der Waals surface area contributed by atoms with E-state index in [1.807, 2.05) is 25.1 Å². The van der Waals surface area contributed by atoms with Crippen LogP contribution >= 0.6 is 0 Å². The zero-order valence-electron chi connectivity index (χ0n) is 9.06. The molecule has 4 nitrogen and oxygen atoms in total. The molecular formula is C12H12N2O2. The Morgan fingerprint density at radius 1 is 1.06 bits per heavy atom. The number of aliphatic imine (C=N–C) groups is 2. The summed E-state index contributed by atoms with van der Waals surface area (Å²) in [6.07, 6.45) is 3.91. The van der Waals surface area contributed by atoms with E-state index < -0.39 is 0 Å². The SMILES string of the molecule is CCc1ccc(CN=C=O)c(CN=C=O)c1. The minimum atomic E-state index is 0.275. The van der Waals surface area contributed by atoms with Gasteiger partial charge >= 0.3 is 0 Å². The quantitative estimate of drug-likeness (QED) is 0.557. The molecule has 0 spiro atoms. The summed E-state index contributed by atoms with van der Waals surface area (Å²) in [5.41, 5.74) is 2.95. The third kappa shape index (κ3) is 3.28. The van der Waals surface area contributed by atoms with E-state index in [1.54, 1.807) is 0 Å². The van der Waals surface area contributed by atoms with Crippen LogP contribution in [0.15, 0.2) is 28.2 Å². The third-order valence-corrected chi connectivity index (χ3v) is 2.31. The van der Waals surface area contributed by atoms with E-state index in [2.05, 4.69) is 9.98 Å². The summed E-state index contributed by atoms with van der Waals surface area (Å²) >= 11 is 0. The molecule has 1 rings (SSSR count). The van der Waals surface area contributed by atoms with E-state index in [0.29, 0.717) is 0 Å². The van der Waals surface area contributed by atoms with Crippen LogP contribution < -0.4 is 0 Å². The van der Waals surface area contributed by atoms with Gasteiger partial charge in [0.15, 0.2) is 0 Å². The van der Waals surface area contributed by atoms with Crippen LogP contribution in [0, 0.1) is 0 Å². The average Bonchev–Trinajstić information content (AvgIpc) is 2.34. The molecule has 4 heteroatoms. The first kappa shape index (κ1) is 12.1. The lowest BCUT2D eigenvalue weighted by atomic mass is 10.0. The third-order valence-electron chi connectivity index (χ3n) is 2.31. The minimum absolute atomic E-state index is 0.275. The van der Waals surface area contributed by atoms with E-state index in [4.69, 9.17) is 0 Å². The minimum Gasteiger partial charge on any atom is -0.211 e. The van der Waals surface area contributed by atoms with Crippen molar-refractivity contribution in [3.8, 4) is 0 Å². The molecule has 0 heterocycles. The second kappa shape index (κ2) is 6.46. The largest absolute Gasteiger partial charge is 0.235 e. The summed E-state index contributed by atoms with van der Waals surface area (Å²) in [6.45, 7) is 2.60. The maximum atomic E-state index is 10.1. The second-order valence-electron chi connectivity index (χ2n) is 3.27. The van der Waals surface area contributed by atoms with Crippen LogP contribution in [0.5, 0.6) is 0 Å². The molecular weight excluding hydrogens is 204 g/mol. The molecule has 0 aromatic heterocycles. The molecule has 0 aliphatic rings. The van der Waals surface area contributed by atoms with Gasteiger partial charge in [-0.1, -0.05) is 25.1 Å². The highest BCUT2D eigenvalue weighted by Crippen LogP contribution is 2.15. The summed E-state index contributed by atoms with van der Waals surface area (Å²) in [4.78, 5) is 27.2. The first-order valence-electron chi connectivity index (χ1n) is 4.99. The van der Waals surface area contributed by atoms with Gasteiger partial charge in [-0.25, -0.2) is 19.6 Å². The Morgan fingerprint density at radius 3 is 2.25 bits per heavy atom. The second-order valence-corrected chi connectivity index (χ2v) is 3.27. The normalized spacial score (nSPS) is 9.06. The maximum Gasteiger partial charge on any atom is 0.235 e. The van der Waals surface area contributed by atoms with Gasteiger partial charge in [-0.3, -0.25) is 0 Å². The van der Waals surface area contributed by atoms with Crippen molar-refractivity contribution in [2.75, 3.05) is 0 Å². The van der Waals surface area contributed by atoms with Crippen molar-refractivity contribution in [1.29, 1.82) is 0 Å². The predicted octanol–water partition coefficient (Wildman–Crippen LogP) is 1.92. The summed E-state index contributed by atoms with van der Waals surface area (Å²) in [6, 6.07) is 5.84. The van der Waals surface area contributed by atoms with Crippen molar-refractivity contribution in [3.05, 3.63) is 34.9 Å². The summed E-state index contributed by atoms with van der Waals surface area (Å²) < 4.78 is 0. The average molecular weight is 216 g/mol. The van der Waals surface area contributed by atoms with Gasteiger partial charge in [0.2, 0.25) is 12.2 Å². The van der Waals surface area contributed by atoms with E-state index in [-0.39, 0.29) is 13.1 Å². The topological polar surface area (TPSA) is 58.9 Å². The molecule has 0 bridgehead atoms. The number of hydrogen-bond acceptors (Lipinski definition) is 4. The highest BCUT2D eigenvalue weighted by atomic mass is 16.1. The molecule has 0 aliphatic heterocycles. The fourth-order valence-corrected chi connectivity index (χ4v) is 1.44. The van der Waals surface area contributed by atoms with E-state index in [9.17, 15) is 9.59 Å². The Bertz CT molecular complexity index is 456. The smallest absolute Gasteiger partial charge is 0.211 e. The van der Waals surface area contributed by atoms with Crippen molar-refractivity contribution in [2.45, 2.75) is 26.4 Å². The lowest BCUT2D eigenvalue weighted by Gasteiger charge is -2.06. The zero-order valence-corrected chi connectivity index (χ0v) is 9.06. The molecule has 0 saturated heterocycles. The number of nitrogens with zero attached hydrogens (tertiary/aromatic N) is 2. The predicted molar refractivity (Wildman–Crippen MR) is 59.5 cm³/mol. The lowest BCUT2D eigenvalue weighted by Crippen LogP contribution is -1.94. The van der Waals surface area contributed by atoms with Crippen LogP contribution in [0.4, 0.5) is 0 Å². The molecule has 0 amide bonds. The molecule has 0 atom stereocenters. The first-order chi connectivity index (χ1) is 7.81. The van der Waals surface area contributed by atoms with Crippen molar-refractivity contribution in [3.63, 3.8) is 0 Å². The highest BCUT2D eigenvalue weighted by Gasteiger charge is 2.02. The van der Waals surface area contributed by atoms with Gasteiger partial charge in [-0.2, -0.15) is 0 Å². The summed E-state index contributed by atoms with van der Waals surface area (Å²) in [5.74, 6) is 0. The summed E-state index contributed by atoms with van der Waals surface area (Å²) in [5, 5.41) is 0. The van der Waals surface area contributed by atoms with Gasteiger partial charge in [-0.05, 0) is 23.1 Å². The molecule has 0 N–H and O–H groups in total. The molecule has 0 radical (unpaired) electrons. The fourth-order valence-electron chi connectivity index (χ4n) is 1.44. The Hall–Kier alpha value is -2.02. The number of rotatable bonds is 5. The van der Waals surface area contributed by atoms with Crippen LogP contribution in [0.1, 0.15) is 23.6 Å². The number of hydrogen-bond donors (Lipinski definition) is 0. The summed E-state index contributed by atoms with van der Waals surface area (Å²) in [7, 11) is 0. The van der Waals surface area contributed by atoms with E-state index >= 15 is 0 Å². The van der Waals surface area contributed by atoms with Gasteiger partial charge in [0, 0.05) is 0 Å². The van der Waals surface area contributed by atoms with Crippen molar-refractivity contribution in [2.24, 2.45) is 9.98 Å². The van der Waals surface area contributed by atoms with Gasteiger partial charge in [0.25, 0.3) is 0 Å². The Morgan fingerprint density at radius 2 is 1.69 bits per heavy atom. The standard InChI is InChI=1S/C12H12N2O2/c1-2-10-3-4-11(6-13-8-15)12(5-10)7-14-9-16/h3-5H,2,6-7H2,1H3. The van der Waals surface area contributed by atoms with Gasteiger partial charge in [0.05, 0.1) is 13.1 Å². The Labute approximate surface area is 93.7 Å². The highest BCUT2D eigenvalue weighted by molar-refractivity contribution is 5.38. The molecule has 16 heavy (non-hydrogen) atoms. The van der Waals surface area contributed by atoms with Crippen LogP contribution in [0.3, 0.4) is 0 Å². The Balaban J connectivity index is 3.04. The van der Waals surface area contributed by atoms with Gasteiger partial charge < -0.3 is 0 Å². The van der Waals surface area contributed by atoms with Gasteiger partial charge in [-0.15, -0.1) is 0 Å². The molecule has 0 fully saturated rings. The van der Waals surface area contributed by atoms with Crippen LogP contribution in [-0.2, 0) is 29.1 Å². The zero-order chi connectivity index (χ0) is 11.8. The number of aryl methyl sites for hydroxylation is 1. The number of isocyanates is 2. The van der Waals surface area contributed by atoms with E-state index in [0.717, 1.165) is 23.1 Å². The fraction of sp³-hybridized carbons (Fsp3) is 0.333. The first-order valence-corrected chi connectivity index (χ1v) is 4.99. The lowest BCUT2D eigenvalue weighted by molar-refractivity contribution is 0.561. The Kier molecular flexibility index (Phi) is 4.87. The van der Waals surface area contributed by atoms with Crippen LogP contribution in [-0.4, -0.2) is 12.2 Å².